The quantitative estimate of drug-likeness (QED) is 0.139. The minimum absolute atomic E-state index is 0.118. The van der Waals surface area contributed by atoms with Crippen LogP contribution in [0.2, 0.25) is 5.02 Å². The molecule has 0 atom stereocenters. The third kappa shape index (κ3) is 8.97. The standard InChI is InChI=1S/C13H19ClN2O.C13H13F3N6O/c1-8-6-9(14)7-10(11(8)15-5)12(17)16-13(2,3)4;1-8-3-2-4-18-11(8)22-10(7-23)5-9(21-22)6-19-20-12(17)13(14,15)16/h6-7,15H,1-5H3,(H,16,17);2-5,7,19H,6H2,1H3,(H2,17,20). The van der Waals surface area contributed by atoms with Crippen molar-refractivity contribution >= 4 is 35.3 Å². The molecule has 3 aromatic rings. The summed E-state index contributed by atoms with van der Waals surface area (Å²) in [5, 5.41) is 13.7. The van der Waals surface area contributed by atoms with Crippen molar-refractivity contribution in [3.8, 4) is 5.82 Å². The number of hydrogen-bond acceptors (Lipinski definition) is 7. The summed E-state index contributed by atoms with van der Waals surface area (Å²) in [6.45, 7) is 9.43. The molecule has 0 radical (unpaired) electrons. The molecule has 0 saturated heterocycles. The summed E-state index contributed by atoms with van der Waals surface area (Å²) in [5.74, 6) is -1.15. The lowest BCUT2D eigenvalue weighted by Gasteiger charge is -2.22. The average molecular weight is 581 g/mol. The second kappa shape index (κ2) is 13.3. The predicted octanol–water partition coefficient (Wildman–Crippen LogP) is 4.53. The fourth-order valence-corrected chi connectivity index (χ4v) is 3.69. The molecule has 0 unspecified atom stereocenters. The van der Waals surface area contributed by atoms with Crippen LogP contribution in [0.1, 0.15) is 58.4 Å². The molecule has 40 heavy (non-hydrogen) atoms. The number of hydrogen-bond donors (Lipinski definition) is 4. The summed E-state index contributed by atoms with van der Waals surface area (Å²) in [6.07, 6.45) is -2.58. The van der Waals surface area contributed by atoms with Crippen LogP contribution in [0.4, 0.5) is 18.9 Å². The van der Waals surface area contributed by atoms with Crippen LogP contribution in [-0.4, -0.2) is 51.6 Å². The molecule has 0 spiro atoms. The van der Waals surface area contributed by atoms with Crippen molar-refractivity contribution in [2.24, 2.45) is 10.8 Å². The van der Waals surface area contributed by atoms with E-state index >= 15 is 0 Å². The third-order valence-electron chi connectivity index (χ3n) is 5.12. The zero-order chi connectivity index (χ0) is 30.3. The van der Waals surface area contributed by atoms with Crippen LogP contribution in [0, 0.1) is 13.8 Å². The van der Waals surface area contributed by atoms with Crippen molar-refractivity contribution < 1.29 is 22.8 Å². The Morgan fingerprint density at radius 3 is 2.40 bits per heavy atom. The van der Waals surface area contributed by atoms with Crippen LogP contribution < -0.4 is 21.8 Å². The number of anilines is 1. The largest absolute Gasteiger partial charge is 0.450 e. The molecule has 2 heterocycles. The van der Waals surface area contributed by atoms with E-state index in [1.807, 2.05) is 33.8 Å². The van der Waals surface area contributed by atoms with Crippen LogP contribution in [0.15, 0.2) is 41.6 Å². The highest BCUT2D eigenvalue weighted by molar-refractivity contribution is 6.31. The van der Waals surface area contributed by atoms with Crippen LogP contribution >= 0.6 is 11.6 Å². The molecular weight excluding hydrogens is 549 g/mol. The molecule has 5 N–H and O–H groups in total. The van der Waals surface area contributed by atoms with Gasteiger partial charge in [-0.2, -0.15) is 23.4 Å². The Balaban J connectivity index is 0.000000294. The summed E-state index contributed by atoms with van der Waals surface area (Å²) >= 11 is 5.99. The maximum atomic E-state index is 12.2. The number of benzene rings is 1. The van der Waals surface area contributed by atoms with E-state index in [0.717, 1.165) is 16.8 Å². The van der Waals surface area contributed by atoms with Gasteiger partial charge in [0, 0.05) is 29.5 Å². The van der Waals surface area contributed by atoms with Crippen molar-refractivity contribution in [2.45, 2.75) is 52.9 Å². The van der Waals surface area contributed by atoms with Crippen molar-refractivity contribution in [3.63, 3.8) is 0 Å². The molecule has 0 aliphatic heterocycles. The normalized spacial score (nSPS) is 11.8. The Bertz CT molecular complexity index is 1380. The Morgan fingerprint density at radius 2 is 1.85 bits per heavy atom. The number of amidine groups is 1. The maximum absolute atomic E-state index is 12.2. The first-order valence-electron chi connectivity index (χ1n) is 12.0. The van der Waals surface area contributed by atoms with Crippen molar-refractivity contribution in [3.05, 3.63) is 69.6 Å². The molecule has 216 valence electrons. The average Bonchev–Trinajstić information content (AvgIpc) is 3.25. The SMILES string of the molecule is CNc1c(C)cc(Cl)cc1C(=O)NC(C)(C)C.Cc1cccnc1-n1nc(CN/N=C(\N)C(F)(F)F)cc1C=O. The second-order valence-electron chi connectivity index (χ2n) is 9.66. The molecular formula is C26H32ClF3N8O2. The molecule has 10 nitrogen and oxygen atoms in total. The molecule has 0 aliphatic carbocycles. The number of carbonyl (C=O) groups excluding carboxylic acids is 2. The summed E-state index contributed by atoms with van der Waals surface area (Å²) in [5.41, 5.74) is 10.3. The van der Waals surface area contributed by atoms with E-state index < -0.39 is 12.0 Å². The molecule has 0 aliphatic rings. The van der Waals surface area contributed by atoms with Gasteiger partial charge in [-0.25, -0.2) is 9.67 Å². The highest BCUT2D eigenvalue weighted by atomic mass is 35.5. The summed E-state index contributed by atoms with van der Waals surface area (Å²) in [7, 11) is 1.80. The summed E-state index contributed by atoms with van der Waals surface area (Å²) < 4.78 is 37.9. The van der Waals surface area contributed by atoms with E-state index in [9.17, 15) is 22.8 Å². The summed E-state index contributed by atoms with van der Waals surface area (Å²) in [6, 6.07) is 8.47. The third-order valence-corrected chi connectivity index (χ3v) is 5.34. The number of pyridine rings is 1. The molecule has 3 rings (SSSR count). The van der Waals surface area contributed by atoms with Gasteiger partial charge in [-0.05, 0) is 70.0 Å². The Kier molecular flexibility index (Phi) is 10.7. The number of rotatable bonds is 7. The first kappa shape index (κ1) is 32.1. The number of hydrazone groups is 1. The number of nitrogens with two attached hydrogens (primary N) is 1. The molecule has 0 bridgehead atoms. The van der Waals surface area contributed by atoms with Crippen LogP contribution in [0.3, 0.4) is 0 Å². The van der Waals surface area contributed by atoms with Crippen molar-refractivity contribution in [2.75, 3.05) is 12.4 Å². The maximum Gasteiger partial charge on any atom is 0.450 e. The number of carbonyl (C=O) groups is 2. The highest BCUT2D eigenvalue weighted by Crippen LogP contribution is 2.25. The van der Waals surface area contributed by atoms with Gasteiger partial charge in [0.2, 0.25) is 5.84 Å². The lowest BCUT2D eigenvalue weighted by atomic mass is 10.0. The molecule has 2 aromatic heterocycles. The fourth-order valence-electron chi connectivity index (χ4n) is 3.42. The van der Waals surface area contributed by atoms with Gasteiger partial charge in [0.25, 0.3) is 5.91 Å². The van der Waals surface area contributed by atoms with E-state index in [4.69, 9.17) is 17.3 Å². The lowest BCUT2D eigenvalue weighted by Crippen LogP contribution is -2.40. The zero-order valence-corrected chi connectivity index (χ0v) is 23.7. The van der Waals surface area contributed by atoms with E-state index in [1.54, 1.807) is 38.4 Å². The van der Waals surface area contributed by atoms with Gasteiger partial charge in [0.15, 0.2) is 12.1 Å². The van der Waals surface area contributed by atoms with Gasteiger partial charge in [0.1, 0.15) is 5.69 Å². The molecule has 1 amide bonds. The van der Waals surface area contributed by atoms with E-state index in [-0.39, 0.29) is 23.7 Å². The van der Waals surface area contributed by atoms with Crippen molar-refractivity contribution in [1.82, 2.24) is 25.5 Å². The van der Waals surface area contributed by atoms with E-state index in [1.165, 1.54) is 10.7 Å². The molecule has 14 heteroatoms. The van der Waals surface area contributed by atoms with Gasteiger partial charge in [-0.1, -0.05) is 17.7 Å². The minimum Gasteiger partial charge on any atom is -0.387 e. The van der Waals surface area contributed by atoms with Gasteiger partial charge >= 0.3 is 6.18 Å². The number of aromatic nitrogens is 3. The number of aryl methyl sites for hydroxylation is 2. The van der Waals surface area contributed by atoms with Gasteiger partial charge < -0.3 is 21.8 Å². The number of amides is 1. The predicted molar refractivity (Wildman–Crippen MR) is 149 cm³/mol. The van der Waals surface area contributed by atoms with Crippen LogP contribution in [0.25, 0.3) is 5.82 Å². The summed E-state index contributed by atoms with van der Waals surface area (Å²) in [4.78, 5) is 27.4. The molecule has 1 aromatic carbocycles. The van der Waals surface area contributed by atoms with Gasteiger partial charge in [-0.15, -0.1) is 0 Å². The topological polar surface area (TPSA) is 139 Å². The first-order valence-corrected chi connectivity index (χ1v) is 12.3. The first-order chi connectivity index (χ1) is 18.6. The molecule has 0 fully saturated rings. The van der Waals surface area contributed by atoms with Crippen LogP contribution in [0.5, 0.6) is 0 Å². The Morgan fingerprint density at radius 1 is 1.18 bits per heavy atom. The van der Waals surface area contributed by atoms with Gasteiger partial charge in [-0.3, -0.25) is 9.59 Å². The number of aldehydes is 1. The Hall–Kier alpha value is -4.13. The fraction of sp³-hybridized carbons (Fsp3) is 0.346. The van der Waals surface area contributed by atoms with Crippen LogP contribution in [-0.2, 0) is 6.54 Å². The van der Waals surface area contributed by atoms with E-state index in [2.05, 4.69) is 31.2 Å². The number of alkyl halides is 3. The molecule has 0 saturated carbocycles. The minimum atomic E-state index is -4.70. The number of nitrogens with zero attached hydrogens (tertiary/aromatic N) is 4. The Labute approximate surface area is 235 Å². The highest BCUT2D eigenvalue weighted by Gasteiger charge is 2.33. The number of nitrogens with one attached hydrogen (secondary N) is 3. The number of halogens is 4. The second-order valence-corrected chi connectivity index (χ2v) is 10.1. The van der Waals surface area contributed by atoms with Gasteiger partial charge in [0.05, 0.1) is 17.8 Å². The van der Waals surface area contributed by atoms with E-state index in [0.29, 0.717) is 28.4 Å². The monoisotopic (exact) mass is 580 g/mol. The lowest BCUT2D eigenvalue weighted by molar-refractivity contribution is -0.0603. The smallest absolute Gasteiger partial charge is 0.387 e. The van der Waals surface area contributed by atoms with Crippen molar-refractivity contribution in [1.29, 1.82) is 0 Å². The zero-order valence-electron chi connectivity index (χ0n) is 22.9.